The van der Waals surface area contributed by atoms with Crippen LogP contribution in [0.3, 0.4) is 0 Å². The van der Waals surface area contributed by atoms with Gasteiger partial charge < -0.3 is 25.8 Å². The van der Waals surface area contributed by atoms with Gasteiger partial charge >= 0.3 is 0 Å². The van der Waals surface area contributed by atoms with E-state index in [9.17, 15) is 18.4 Å². The zero-order chi connectivity index (χ0) is 20.0. The van der Waals surface area contributed by atoms with Gasteiger partial charge in [-0.2, -0.15) is 0 Å². The van der Waals surface area contributed by atoms with Crippen LogP contribution in [0.2, 0.25) is 0 Å². The van der Waals surface area contributed by atoms with Crippen LogP contribution in [0.4, 0.5) is 20.2 Å². The predicted molar refractivity (Wildman–Crippen MR) is 95.8 cm³/mol. The number of ether oxygens (including phenoxy) is 2. The average molecular weight is 379 g/mol. The highest BCUT2D eigenvalue weighted by Crippen LogP contribution is 2.30. The van der Waals surface area contributed by atoms with Crippen molar-refractivity contribution in [2.75, 3.05) is 24.4 Å². The van der Waals surface area contributed by atoms with Gasteiger partial charge in [0.2, 0.25) is 5.91 Å². The number of methoxy groups -OCH3 is 1. The Balaban J connectivity index is 2.05. The number of anilines is 2. The molecule has 7 nitrogen and oxygen atoms in total. The summed E-state index contributed by atoms with van der Waals surface area (Å²) in [6.45, 7) is 1.26. The fourth-order valence-electron chi connectivity index (χ4n) is 2.17. The highest BCUT2D eigenvalue weighted by Gasteiger charge is 2.15. The van der Waals surface area contributed by atoms with Crippen LogP contribution in [-0.2, 0) is 9.59 Å². The van der Waals surface area contributed by atoms with Crippen molar-refractivity contribution in [3.8, 4) is 11.5 Å². The summed E-state index contributed by atoms with van der Waals surface area (Å²) in [4.78, 5) is 23.1. The molecular formula is C18H19F2N3O4. The number of nitrogens with two attached hydrogens (primary N) is 1. The third kappa shape index (κ3) is 5.56. The second-order valence-electron chi connectivity index (χ2n) is 5.60. The minimum Gasteiger partial charge on any atom is -0.493 e. The topological polar surface area (TPSA) is 103 Å². The third-order valence-corrected chi connectivity index (χ3v) is 3.50. The van der Waals surface area contributed by atoms with Crippen molar-refractivity contribution in [2.45, 2.75) is 13.0 Å². The van der Waals surface area contributed by atoms with Crippen LogP contribution in [0.5, 0.6) is 11.5 Å². The number of hydrogen-bond acceptors (Lipinski definition) is 5. The quantitative estimate of drug-likeness (QED) is 0.653. The van der Waals surface area contributed by atoms with Crippen molar-refractivity contribution in [1.29, 1.82) is 0 Å². The Kier molecular flexibility index (Phi) is 6.53. The SMILES string of the molecule is COc1ccc(N[C@@H](C)C(=O)Nc2ccc(F)c(F)c2)cc1OCC(N)=O. The van der Waals surface area contributed by atoms with Gasteiger partial charge in [-0.25, -0.2) is 8.78 Å². The van der Waals surface area contributed by atoms with Crippen LogP contribution in [0.25, 0.3) is 0 Å². The number of hydrogen-bond donors (Lipinski definition) is 3. The van der Waals surface area contributed by atoms with E-state index in [0.717, 1.165) is 12.1 Å². The summed E-state index contributed by atoms with van der Waals surface area (Å²) in [6.07, 6.45) is 0. The van der Waals surface area contributed by atoms with Crippen LogP contribution in [0, 0.1) is 11.6 Å². The Morgan fingerprint density at radius 1 is 1.07 bits per heavy atom. The van der Waals surface area contributed by atoms with Gasteiger partial charge in [-0.05, 0) is 31.2 Å². The summed E-state index contributed by atoms with van der Waals surface area (Å²) >= 11 is 0. The summed E-state index contributed by atoms with van der Waals surface area (Å²) in [5, 5.41) is 5.42. The zero-order valence-electron chi connectivity index (χ0n) is 14.7. The van der Waals surface area contributed by atoms with Gasteiger partial charge in [-0.15, -0.1) is 0 Å². The summed E-state index contributed by atoms with van der Waals surface area (Å²) in [7, 11) is 1.44. The lowest BCUT2D eigenvalue weighted by Crippen LogP contribution is -2.31. The molecular weight excluding hydrogens is 360 g/mol. The van der Waals surface area contributed by atoms with Gasteiger partial charge in [-0.1, -0.05) is 0 Å². The minimum absolute atomic E-state index is 0.132. The van der Waals surface area contributed by atoms with Crippen LogP contribution < -0.4 is 25.8 Å². The number of amides is 2. The second kappa shape index (κ2) is 8.84. The molecule has 2 aromatic carbocycles. The summed E-state index contributed by atoms with van der Waals surface area (Å²) in [5.74, 6) is -2.50. The number of primary amides is 1. The molecule has 0 radical (unpaired) electrons. The molecule has 4 N–H and O–H groups in total. The maximum Gasteiger partial charge on any atom is 0.255 e. The van der Waals surface area contributed by atoms with E-state index < -0.39 is 29.5 Å². The van der Waals surface area contributed by atoms with Gasteiger partial charge in [0, 0.05) is 23.5 Å². The minimum atomic E-state index is -1.06. The summed E-state index contributed by atoms with van der Waals surface area (Å²) in [6, 6.07) is 7.15. The first-order valence-electron chi connectivity index (χ1n) is 7.91. The molecule has 0 bridgehead atoms. The largest absolute Gasteiger partial charge is 0.493 e. The first-order valence-corrected chi connectivity index (χ1v) is 7.91. The number of carbonyl (C=O) groups is 2. The molecule has 0 saturated carbocycles. The molecule has 2 aromatic rings. The number of benzene rings is 2. The molecule has 2 rings (SSSR count). The Hall–Kier alpha value is -3.36. The van der Waals surface area contributed by atoms with E-state index in [-0.39, 0.29) is 18.0 Å². The summed E-state index contributed by atoms with van der Waals surface area (Å²) < 4.78 is 36.6. The maximum atomic E-state index is 13.2. The van der Waals surface area contributed by atoms with Crippen molar-refractivity contribution in [3.63, 3.8) is 0 Å². The molecule has 0 aliphatic rings. The fourth-order valence-corrected chi connectivity index (χ4v) is 2.17. The Bertz CT molecular complexity index is 845. The van der Waals surface area contributed by atoms with Crippen LogP contribution >= 0.6 is 0 Å². The Morgan fingerprint density at radius 2 is 1.78 bits per heavy atom. The highest BCUT2D eigenvalue weighted by atomic mass is 19.2. The molecule has 27 heavy (non-hydrogen) atoms. The van der Waals surface area contributed by atoms with Crippen LogP contribution in [-0.4, -0.2) is 31.6 Å². The second-order valence-corrected chi connectivity index (χ2v) is 5.60. The number of carbonyl (C=O) groups excluding carboxylic acids is 2. The zero-order valence-corrected chi connectivity index (χ0v) is 14.7. The first-order chi connectivity index (χ1) is 12.8. The standard InChI is InChI=1S/C18H19F2N3O4/c1-10(18(25)23-11-3-5-13(19)14(20)7-11)22-12-4-6-15(26-2)16(8-12)27-9-17(21)24/h3-8,10,22H,9H2,1-2H3,(H2,21,24)(H,23,25)/t10-/m0/s1. The van der Waals surface area contributed by atoms with E-state index in [1.54, 1.807) is 25.1 Å². The lowest BCUT2D eigenvalue weighted by molar-refractivity contribution is -0.120. The highest BCUT2D eigenvalue weighted by molar-refractivity contribution is 5.96. The predicted octanol–water partition coefficient (Wildman–Crippen LogP) is 2.28. The molecule has 0 spiro atoms. The lowest BCUT2D eigenvalue weighted by Gasteiger charge is -2.17. The van der Waals surface area contributed by atoms with E-state index in [0.29, 0.717) is 11.4 Å². The van der Waals surface area contributed by atoms with Gasteiger partial charge in [0.25, 0.3) is 5.91 Å². The third-order valence-electron chi connectivity index (χ3n) is 3.50. The normalized spacial score (nSPS) is 11.4. The maximum absolute atomic E-state index is 13.2. The monoisotopic (exact) mass is 379 g/mol. The van der Waals surface area contributed by atoms with E-state index >= 15 is 0 Å². The molecule has 9 heteroatoms. The van der Waals surface area contributed by atoms with Crippen molar-refractivity contribution < 1.29 is 27.8 Å². The van der Waals surface area contributed by atoms with E-state index in [4.69, 9.17) is 15.2 Å². The molecule has 0 aliphatic heterocycles. The van der Waals surface area contributed by atoms with Crippen molar-refractivity contribution >= 4 is 23.2 Å². The first kappa shape index (κ1) is 20.0. The van der Waals surface area contributed by atoms with Gasteiger partial charge in [0.15, 0.2) is 29.7 Å². The van der Waals surface area contributed by atoms with Crippen LogP contribution in [0.15, 0.2) is 36.4 Å². The van der Waals surface area contributed by atoms with Gasteiger partial charge in [0.1, 0.15) is 6.04 Å². The van der Waals surface area contributed by atoms with E-state index in [1.807, 2.05) is 0 Å². The molecule has 0 fully saturated rings. The number of halogens is 2. The Labute approximate surface area is 154 Å². The number of rotatable bonds is 8. The molecule has 0 unspecified atom stereocenters. The smallest absolute Gasteiger partial charge is 0.255 e. The molecule has 144 valence electrons. The average Bonchev–Trinajstić information content (AvgIpc) is 2.63. The fraction of sp³-hybridized carbons (Fsp3) is 0.222. The molecule has 2 amide bonds. The van der Waals surface area contributed by atoms with Crippen molar-refractivity contribution in [3.05, 3.63) is 48.0 Å². The van der Waals surface area contributed by atoms with Crippen molar-refractivity contribution in [2.24, 2.45) is 5.73 Å². The molecule has 0 heterocycles. The summed E-state index contributed by atoms with van der Waals surface area (Å²) in [5.41, 5.74) is 5.71. The molecule has 1 atom stereocenters. The lowest BCUT2D eigenvalue weighted by atomic mass is 10.2. The molecule has 0 aromatic heterocycles. The van der Waals surface area contributed by atoms with Gasteiger partial charge in [-0.3, -0.25) is 9.59 Å². The van der Waals surface area contributed by atoms with Gasteiger partial charge in [0.05, 0.1) is 7.11 Å². The molecule has 0 saturated heterocycles. The number of nitrogens with one attached hydrogen (secondary N) is 2. The Morgan fingerprint density at radius 3 is 2.41 bits per heavy atom. The van der Waals surface area contributed by atoms with Crippen molar-refractivity contribution in [1.82, 2.24) is 0 Å². The van der Waals surface area contributed by atoms with Crippen LogP contribution in [0.1, 0.15) is 6.92 Å². The van der Waals surface area contributed by atoms with E-state index in [2.05, 4.69) is 10.6 Å². The van der Waals surface area contributed by atoms with E-state index in [1.165, 1.54) is 13.2 Å². The molecule has 0 aliphatic carbocycles.